The largest absolute Gasteiger partial charge is 0.308 e. The lowest BCUT2D eigenvalue weighted by Crippen LogP contribution is -2.14. The summed E-state index contributed by atoms with van der Waals surface area (Å²) < 4.78 is 0. The third-order valence-electron chi connectivity index (χ3n) is 1.63. The number of hydrogen-bond donors (Lipinski definition) is 1. The van der Waals surface area contributed by atoms with Crippen LogP contribution in [-0.2, 0) is 13.0 Å². The molecular formula is C10H16N2S. The molecule has 0 radical (unpaired) electrons. The van der Waals surface area contributed by atoms with Crippen molar-refractivity contribution in [3.8, 4) is 0 Å². The van der Waals surface area contributed by atoms with Crippen LogP contribution in [0.5, 0.6) is 0 Å². The Kier molecular flexibility index (Phi) is 4.12. The third-order valence-corrected chi connectivity index (χ3v) is 2.77. The highest BCUT2D eigenvalue weighted by molar-refractivity contribution is 7.11. The van der Waals surface area contributed by atoms with E-state index in [1.165, 1.54) is 15.5 Å². The highest BCUT2D eigenvalue weighted by Gasteiger charge is 1.98. The fourth-order valence-corrected chi connectivity index (χ4v) is 1.82. The molecule has 2 nitrogen and oxygen atoms in total. The van der Waals surface area contributed by atoms with Crippen LogP contribution >= 0.6 is 11.3 Å². The van der Waals surface area contributed by atoms with Gasteiger partial charge in [-0.15, -0.1) is 11.3 Å². The number of thiazole rings is 1. The van der Waals surface area contributed by atoms with Gasteiger partial charge in [0.05, 0.1) is 5.01 Å². The van der Waals surface area contributed by atoms with Gasteiger partial charge in [0.25, 0.3) is 0 Å². The van der Waals surface area contributed by atoms with E-state index in [-0.39, 0.29) is 0 Å². The molecule has 1 aromatic heterocycles. The third kappa shape index (κ3) is 3.70. The Hall–Kier alpha value is -0.670. The van der Waals surface area contributed by atoms with Crippen LogP contribution in [0.25, 0.3) is 0 Å². The second-order valence-electron chi connectivity index (χ2n) is 3.13. The van der Waals surface area contributed by atoms with Crippen molar-refractivity contribution in [2.24, 2.45) is 0 Å². The molecule has 0 aliphatic heterocycles. The van der Waals surface area contributed by atoms with Crippen molar-refractivity contribution >= 4 is 11.3 Å². The van der Waals surface area contributed by atoms with Crippen molar-refractivity contribution in [1.82, 2.24) is 10.3 Å². The lowest BCUT2D eigenvalue weighted by Gasteiger charge is -2.00. The maximum atomic E-state index is 4.29. The average molecular weight is 196 g/mol. The van der Waals surface area contributed by atoms with Crippen molar-refractivity contribution in [2.75, 3.05) is 6.54 Å². The van der Waals surface area contributed by atoms with Crippen LogP contribution < -0.4 is 5.32 Å². The van der Waals surface area contributed by atoms with Gasteiger partial charge in [-0.05, 0) is 13.3 Å². The van der Waals surface area contributed by atoms with Crippen LogP contribution in [-0.4, -0.2) is 11.5 Å². The van der Waals surface area contributed by atoms with E-state index in [9.17, 15) is 0 Å². The fourth-order valence-electron chi connectivity index (χ4n) is 0.992. The van der Waals surface area contributed by atoms with E-state index in [1.807, 2.05) is 13.1 Å². The topological polar surface area (TPSA) is 24.9 Å². The SMILES string of the molecule is C=C(C)CNCc1cnc(CC)s1. The summed E-state index contributed by atoms with van der Waals surface area (Å²) in [4.78, 5) is 5.59. The van der Waals surface area contributed by atoms with E-state index < -0.39 is 0 Å². The summed E-state index contributed by atoms with van der Waals surface area (Å²) in [5.41, 5.74) is 1.17. The standard InChI is InChI=1S/C10H16N2S/c1-4-10-12-7-9(13-10)6-11-5-8(2)3/h7,11H,2,4-6H2,1,3H3. The molecule has 0 saturated carbocycles. The van der Waals surface area contributed by atoms with Crippen LogP contribution in [0.4, 0.5) is 0 Å². The van der Waals surface area contributed by atoms with Gasteiger partial charge in [-0.1, -0.05) is 19.1 Å². The molecule has 0 unspecified atom stereocenters. The van der Waals surface area contributed by atoms with Crippen LogP contribution in [0.15, 0.2) is 18.3 Å². The van der Waals surface area contributed by atoms with Crippen molar-refractivity contribution in [1.29, 1.82) is 0 Å². The molecule has 0 atom stereocenters. The highest BCUT2D eigenvalue weighted by Crippen LogP contribution is 2.12. The molecule has 1 rings (SSSR count). The van der Waals surface area contributed by atoms with Gasteiger partial charge in [0.1, 0.15) is 0 Å². The number of hydrogen-bond acceptors (Lipinski definition) is 3. The van der Waals surface area contributed by atoms with Crippen LogP contribution in [0.1, 0.15) is 23.7 Å². The van der Waals surface area contributed by atoms with E-state index in [0.717, 1.165) is 19.5 Å². The Morgan fingerprint density at radius 3 is 3.00 bits per heavy atom. The lowest BCUT2D eigenvalue weighted by molar-refractivity contribution is 0.749. The number of nitrogens with zero attached hydrogens (tertiary/aromatic N) is 1. The normalized spacial score (nSPS) is 10.3. The number of rotatable bonds is 5. The summed E-state index contributed by atoms with van der Waals surface area (Å²) in [5, 5.41) is 4.52. The first-order chi connectivity index (χ1) is 6.22. The number of nitrogens with one attached hydrogen (secondary N) is 1. The van der Waals surface area contributed by atoms with Crippen molar-refractivity contribution < 1.29 is 0 Å². The van der Waals surface area contributed by atoms with Gasteiger partial charge in [0.2, 0.25) is 0 Å². The molecule has 0 fully saturated rings. The Morgan fingerprint density at radius 1 is 1.69 bits per heavy atom. The predicted octanol–water partition coefficient (Wildman–Crippen LogP) is 2.37. The lowest BCUT2D eigenvalue weighted by atomic mass is 10.3. The zero-order valence-corrected chi connectivity index (χ0v) is 9.08. The van der Waals surface area contributed by atoms with E-state index in [0.29, 0.717) is 0 Å². The smallest absolute Gasteiger partial charge is 0.0925 e. The summed E-state index contributed by atoms with van der Waals surface area (Å²) in [6, 6.07) is 0. The zero-order valence-electron chi connectivity index (χ0n) is 8.26. The fraction of sp³-hybridized carbons (Fsp3) is 0.500. The van der Waals surface area contributed by atoms with E-state index in [2.05, 4.69) is 23.8 Å². The molecule has 72 valence electrons. The van der Waals surface area contributed by atoms with E-state index in [1.54, 1.807) is 11.3 Å². The Morgan fingerprint density at radius 2 is 2.46 bits per heavy atom. The monoisotopic (exact) mass is 196 g/mol. The van der Waals surface area contributed by atoms with Gasteiger partial charge in [-0.3, -0.25) is 0 Å². The minimum absolute atomic E-state index is 0.888. The van der Waals surface area contributed by atoms with Crippen LogP contribution in [0.3, 0.4) is 0 Å². The average Bonchev–Trinajstić information content (AvgIpc) is 2.52. The highest BCUT2D eigenvalue weighted by atomic mass is 32.1. The second-order valence-corrected chi connectivity index (χ2v) is 4.33. The van der Waals surface area contributed by atoms with Gasteiger partial charge < -0.3 is 5.32 Å². The summed E-state index contributed by atoms with van der Waals surface area (Å²) in [5.74, 6) is 0. The van der Waals surface area contributed by atoms with E-state index >= 15 is 0 Å². The molecule has 0 aliphatic rings. The first-order valence-electron chi connectivity index (χ1n) is 4.51. The van der Waals surface area contributed by atoms with Crippen molar-refractivity contribution in [3.05, 3.63) is 28.2 Å². The Labute approximate surface area is 83.7 Å². The molecule has 13 heavy (non-hydrogen) atoms. The van der Waals surface area contributed by atoms with Gasteiger partial charge in [0.15, 0.2) is 0 Å². The zero-order chi connectivity index (χ0) is 9.68. The van der Waals surface area contributed by atoms with Gasteiger partial charge in [0, 0.05) is 24.2 Å². The molecule has 0 aliphatic carbocycles. The molecular weight excluding hydrogens is 180 g/mol. The molecule has 1 heterocycles. The quantitative estimate of drug-likeness (QED) is 0.731. The van der Waals surface area contributed by atoms with Gasteiger partial charge >= 0.3 is 0 Å². The minimum atomic E-state index is 0.888. The minimum Gasteiger partial charge on any atom is -0.308 e. The van der Waals surface area contributed by atoms with Gasteiger partial charge in [-0.25, -0.2) is 4.98 Å². The van der Waals surface area contributed by atoms with Crippen molar-refractivity contribution in [2.45, 2.75) is 26.8 Å². The van der Waals surface area contributed by atoms with Gasteiger partial charge in [-0.2, -0.15) is 0 Å². The van der Waals surface area contributed by atoms with Crippen LogP contribution in [0.2, 0.25) is 0 Å². The summed E-state index contributed by atoms with van der Waals surface area (Å²) in [6.45, 7) is 9.78. The maximum Gasteiger partial charge on any atom is 0.0925 e. The van der Waals surface area contributed by atoms with Crippen molar-refractivity contribution in [3.63, 3.8) is 0 Å². The summed E-state index contributed by atoms with van der Waals surface area (Å²) in [6.07, 6.45) is 2.99. The molecule has 1 N–H and O–H groups in total. The molecule has 0 aromatic carbocycles. The molecule has 0 amide bonds. The van der Waals surface area contributed by atoms with E-state index in [4.69, 9.17) is 0 Å². The molecule has 0 saturated heterocycles. The number of aryl methyl sites for hydroxylation is 1. The molecule has 0 spiro atoms. The first kappa shape index (κ1) is 10.4. The Balaban J connectivity index is 2.32. The second kappa shape index (κ2) is 5.14. The molecule has 1 aromatic rings. The van der Waals surface area contributed by atoms with Crippen LogP contribution in [0, 0.1) is 0 Å². The Bertz CT molecular complexity index is 278. The molecule has 3 heteroatoms. The maximum absolute atomic E-state index is 4.29. The molecule has 0 bridgehead atoms. The predicted molar refractivity (Wildman–Crippen MR) is 58.0 cm³/mol. The first-order valence-corrected chi connectivity index (χ1v) is 5.32. The number of aromatic nitrogens is 1. The summed E-state index contributed by atoms with van der Waals surface area (Å²) in [7, 11) is 0. The summed E-state index contributed by atoms with van der Waals surface area (Å²) >= 11 is 1.78.